The number of carbonyl (C=O) groups excluding carboxylic acids is 1. The third kappa shape index (κ3) is 3.35. The first kappa shape index (κ1) is 12.7. The number of nitrogens with one attached hydrogen (secondary N) is 1. The topological polar surface area (TPSA) is 58.4 Å². The van der Waals surface area contributed by atoms with Gasteiger partial charge < -0.3 is 9.73 Å². The third-order valence-corrected chi connectivity index (χ3v) is 3.85. The Morgan fingerprint density at radius 3 is 3.05 bits per heavy atom. The fourth-order valence-electron chi connectivity index (χ4n) is 2.67. The van der Waals surface area contributed by atoms with Crippen molar-refractivity contribution in [1.29, 1.82) is 0 Å². The van der Waals surface area contributed by atoms with Crippen molar-refractivity contribution >= 4 is 5.91 Å². The summed E-state index contributed by atoms with van der Waals surface area (Å²) < 4.78 is 5.22. The molecule has 3 rings (SSSR count). The van der Waals surface area contributed by atoms with Gasteiger partial charge in [0.2, 0.25) is 5.91 Å². The van der Waals surface area contributed by atoms with E-state index in [4.69, 9.17) is 4.42 Å². The first-order valence-corrected chi connectivity index (χ1v) is 7.14. The smallest absolute Gasteiger partial charge is 0.224 e. The molecule has 19 heavy (non-hydrogen) atoms. The molecule has 1 atom stereocenters. The molecular formula is C14H21N3O2. The lowest BCUT2D eigenvalue weighted by molar-refractivity contribution is -0.126. The third-order valence-electron chi connectivity index (χ3n) is 3.85. The van der Waals surface area contributed by atoms with Gasteiger partial charge in [-0.1, -0.05) is 0 Å². The summed E-state index contributed by atoms with van der Waals surface area (Å²) in [6, 6.07) is 0.459. The molecule has 2 aliphatic rings. The Morgan fingerprint density at radius 2 is 2.37 bits per heavy atom. The number of hydrogen-bond donors (Lipinski definition) is 1. The minimum atomic E-state index is 0.141. The molecule has 0 radical (unpaired) electrons. The maximum Gasteiger partial charge on any atom is 0.224 e. The molecule has 1 unspecified atom stereocenters. The SMILES string of the molecule is Cc1nc(CN2CCCC(C(=O)NC3CC3)C2)co1. The van der Waals surface area contributed by atoms with Crippen LogP contribution in [0.4, 0.5) is 0 Å². The van der Waals surface area contributed by atoms with Gasteiger partial charge in [0.05, 0.1) is 11.6 Å². The number of aryl methyl sites for hydroxylation is 1. The number of aromatic nitrogens is 1. The second-order valence-corrected chi connectivity index (χ2v) is 5.71. The van der Waals surface area contributed by atoms with Crippen LogP contribution in [0.5, 0.6) is 0 Å². The van der Waals surface area contributed by atoms with Gasteiger partial charge in [0.15, 0.2) is 5.89 Å². The average Bonchev–Trinajstić information content (AvgIpc) is 3.12. The van der Waals surface area contributed by atoms with Crippen LogP contribution in [0.3, 0.4) is 0 Å². The van der Waals surface area contributed by atoms with E-state index in [1.54, 1.807) is 6.26 Å². The zero-order valence-electron chi connectivity index (χ0n) is 11.4. The van der Waals surface area contributed by atoms with Crippen LogP contribution in [-0.4, -0.2) is 34.9 Å². The summed E-state index contributed by atoms with van der Waals surface area (Å²) in [5.41, 5.74) is 0.959. The summed E-state index contributed by atoms with van der Waals surface area (Å²) in [7, 11) is 0. The van der Waals surface area contributed by atoms with Crippen molar-refractivity contribution < 1.29 is 9.21 Å². The first-order chi connectivity index (χ1) is 9.20. The highest BCUT2D eigenvalue weighted by Crippen LogP contribution is 2.22. The van der Waals surface area contributed by atoms with E-state index < -0.39 is 0 Å². The highest BCUT2D eigenvalue weighted by molar-refractivity contribution is 5.79. The molecule has 2 fully saturated rings. The molecule has 0 spiro atoms. The molecule has 1 N–H and O–H groups in total. The number of nitrogens with zero attached hydrogens (tertiary/aromatic N) is 2. The molecule has 1 saturated heterocycles. The number of piperidine rings is 1. The van der Waals surface area contributed by atoms with Crippen LogP contribution in [0.1, 0.15) is 37.3 Å². The summed E-state index contributed by atoms with van der Waals surface area (Å²) in [4.78, 5) is 18.7. The minimum absolute atomic E-state index is 0.141. The van der Waals surface area contributed by atoms with E-state index in [1.165, 1.54) is 0 Å². The molecule has 0 aromatic carbocycles. The predicted molar refractivity (Wildman–Crippen MR) is 70.4 cm³/mol. The van der Waals surface area contributed by atoms with Crippen LogP contribution in [-0.2, 0) is 11.3 Å². The Hall–Kier alpha value is -1.36. The predicted octanol–water partition coefficient (Wildman–Crippen LogP) is 1.47. The molecule has 1 amide bonds. The molecule has 5 heteroatoms. The number of likely N-dealkylation sites (tertiary alicyclic amines) is 1. The van der Waals surface area contributed by atoms with Crippen LogP contribution in [0, 0.1) is 12.8 Å². The fraction of sp³-hybridized carbons (Fsp3) is 0.714. The molecular weight excluding hydrogens is 242 g/mol. The van der Waals surface area contributed by atoms with Crippen molar-refractivity contribution in [2.75, 3.05) is 13.1 Å². The number of amides is 1. The Balaban J connectivity index is 1.53. The van der Waals surface area contributed by atoms with Crippen molar-refractivity contribution in [2.45, 2.75) is 45.2 Å². The molecule has 2 heterocycles. The molecule has 1 saturated carbocycles. The normalized spacial score (nSPS) is 24.4. The Kier molecular flexibility index (Phi) is 3.55. The zero-order valence-corrected chi connectivity index (χ0v) is 11.4. The van der Waals surface area contributed by atoms with E-state index in [-0.39, 0.29) is 11.8 Å². The highest BCUT2D eigenvalue weighted by Gasteiger charge is 2.30. The zero-order chi connectivity index (χ0) is 13.2. The van der Waals surface area contributed by atoms with E-state index in [9.17, 15) is 4.79 Å². The van der Waals surface area contributed by atoms with Crippen molar-refractivity contribution in [3.05, 3.63) is 17.8 Å². The summed E-state index contributed by atoms with van der Waals surface area (Å²) >= 11 is 0. The van der Waals surface area contributed by atoms with Gasteiger partial charge in [-0.15, -0.1) is 0 Å². The van der Waals surface area contributed by atoms with E-state index >= 15 is 0 Å². The second-order valence-electron chi connectivity index (χ2n) is 5.71. The van der Waals surface area contributed by atoms with Crippen LogP contribution in [0.2, 0.25) is 0 Å². The summed E-state index contributed by atoms with van der Waals surface area (Å²) in [6.45, 7) is 4.51. The lowest BCUT2D eigenvalue weighted by Crippen LogP contribution is -2.43. The maximum absolute atomic E-state index is 12.1. The van der Waals surface area contributed by atoms with Crippen LogP contribution < -0.4 is 5.32 Å². The van der Waals surface area contributed by atoms with Crippen molar-refractivity contribution in [1.82, 2.24) is 15.2 Å². The standard InChI is InChI=1S/C14H21N3O2/c1-10-15-13(9-19-10)8-17-6-2-3-11(7-17)14(18)16-12-4-5-12/h9,11-12H,2-8H2,1H3,(H,16,18). The van der Waals surface area contributed by atoms with Crippen molar-refractivity contribution in [2.24, 2.45) is 5.92 Å². The fourth-order valence-corrected chi connectivity index (χ4v) is 2.67. The number of hydrogen-bond acceptors (Lipinski definition) is 4. The van der Waals surface area contributed by atoms with Gasteiger partial charge in [0, 0.05) is 26.1 Å². The second kappa shape index (κ2) is 5.33. The van der Waals surface area contributed by atoms with Gasteiger partial charge in [-0.25, -0.2) is 4.98 Å². The average molecular weight is 263 g/mol. The molecule has 1 aliphatic heterocycles. The molecule has 1 aromatic heterocycles. The highest BCUT2D eigenvalue weighted by atomic mass is 16.3. The quantitative estimate of drug-likeness (QED) is 0.893. The molecule has 1 aliphatic carbocycles. The largest absolute Gasteiger partial charge is 0.449 e. The van der Waals surface area contributed by atoms with Gasteiger partial charge in [0.25, 0.3) is 0 Å². The van der Waals surface area contributed by atoms with Crippen LogP contribution in [0.25, 0.3) is 0 Å². The lowest BCUT2D eigenvalue weighted by Gasteiger charge is -2.31. The van der Waals surface area contributed by atoms with Crippen LogP contribution in [0.15, 0.2) is 10.7 Å². The van der Waals surface area contributed by atoms with E-state index in [2.05, 4.69) is 15.2 Å². The minimum Gasteiger partial charge on any atom is -0.449 e. The van der Waals surface area contributed by atoms with Crippen LogP contribution >= 0.6 is 0 Å². The molecule has 104 valence electrons. The Labute approximate surface area is 113 Å². The van der Waals surface area contributed by atoms with Gasteiger partial charge in [-0.3, -0.25) is 9.69 Å². The van der Waals surface area contributed by atoms with E-state index in [0.29, 0.717) is 11.9 Å². The first-order valence-electron chi connectivity index (χ1n) is 7.14. The molecule has 0 bridgehead atoms. The van der Waals surface area contributed by atoms with Crippen molar-refractivity contribution in [3.63, 3.8) is 0 Å². The summed E-state index contributed by atoms with van der Waals surface area (Å²) in [6.07, 6.45) is 6.11. The van der Waals surface area contributed by atoms with Gasteiger partial charge in [0.1, 0.15) is 6.26 Å². The maximum atomic E-state index is 12.1. The Morgan fingerprint density at radius 1 is 1.53 bits per heavy atom. The summed E-state index contributed by atoms with van der Waals surface area (Å²) in [5, 5.41) is 3.11. The molecule has 1 aromatic rings. The monoisotopic (exact) mass is 263 g/mol. The van der Waals surface area contributed by atoms with Gasteiger partial charge in [-0.2, -0.15) is 0 Å². The number of carbonyl (C=O) groups is 1. The number of rotatable bonds is 4. The van der Waals surface area contributed by atoms with E-state index in [1.807, 2.05) is 6.92 Å². The molecule has 5 nitrogen and oxygen atoms in total. The van der Waals surface area contributed by atoms with Gasteiger partial charge >= 0.3 is 0 Å². The summed E-state index contributed by atoms with van der Waals surface area (Å²) in [5.74, 6) is 1.08. The van der Waals surface area contributed by atoms with Gasteiger partial charge in [-0.05, 0) is 32.2 Å². The van der Waals surface area contributed by atoms with E-state index in [0.717, 1.165) is 51.0 Å². The Bertz CT molecular complexity index is 453. The van der Waals surface area contributed by atoms with Crippen molar-refractivity contribution in [3.8, 4) is 0 Å². The lowest BCUT2D eigenvalue weighted by atomic mass is 9.97. The number of oxazole rings is 1.